The second-order valence-corrected chi connectivity index (χ2v) is 8.54. The summed E-state index contributed by atoms with van der Waals surface area (Å²) in [6.07, 6.45) is 9.45. The van der Waals surface area contributed by atoms with Gasteiger partial charge < -0.3 is 0 Å². The molecule has 0 unspecified atom stereocenters. The topological polar surface area (TPSA) is 17.1 Å². The third kappa shape index (κ3) is 4.37. The van der Waals surface area contributed by atoms with Gasteiger partial charge in [0.15, 0.2) is 0 Å². The number of halogens is 2. The first-order valence-electron chi connectivity index (χ1n) is 10.5. The fraction of sp³-hybridized carbons (Fsp3) is 0.346. The molecule has 1 aliphatic carbocycles. The molecule has 0 N–H and O–H groups in total. The predicted octanol–water partition coefficient (Wildman–Crippen LogP) is 8.10. The Bertz CT molecular complexity index is 849. The molecule has 1 aliphatic rings. The zero-order chi connectivity index (χ0) is 20.9. The van der Waals surface area contributed by atoms with E-state index in [1.807, 2.05) is 24.3 Å². The number of hydrogen-bond acceptors (Lipinski definition) is 1. The summed E-state index contributed by atoms with van der Waals surface area (Å²) in [5, 5.41) is 1.42. The summed E-state index contributed by atoms with van der Waals surface area (Å²) in [5.74, 6) is 0. The number of rotatable bonds is 9. The van der Waals surface area contributed by atoms with Gasteiger partial charge in [0, 0.05) is 10.0 Å². The number of carbonyl (C=O) groups is 1. The van der Waals surface area contributed by atoms with E-state index >= 15 is 0 Å². The fourth-order valence-electron chi connectivity index (χ4n) is 4.35. The zero-order valence-electron chi connectivity index (χ0n) is 17.2. The average molecular weight is 427 g/mol. The third-order valence-electron chi connectivity index (χ3n) is 5.79. The normalized spacial score (nSPS) is 16.1. The maximum atomic E-state index is 11.6. The van der Waals surface area contributed by atoms with E-state index in [2.05, 4.69) is 38.1 Å². The van der Waals surface area contributed by atoms with E-state index in [1.54, 1.807) is 6.08 Å². The highest BCUT2D eigenvalue weighted by Gasteiger charge is 2.58. The summed E-state index contributed by atoms with van der Waals surface area (Å²) >= 11 is 12.4. The molecule has 0 bridgehead atoms. The lowest BCUT2D eigenvalue weighted by Gasteiger charge is -2.18. The van der Waals surface area contributed by atoms with Gasteiger partial charge in [0.25, 0.3) is 0 Å². The summed E-state index contributed by atoms with van der Waals surface area (Å²) in [5.41, 5.74) is 5.82. The first kappa shape index (κ1) is 21.9. The van der Waals surface area contributed by atoms with Gasteiger partial charge >= 0.3 is 0 Å². The molecule has 0 atom stereocenters. The van der Waals surface area contributed by atoms with Crippen LogP contribution in [-0.4, -0.2) is 6.29 Å². The summed E-state index contributed by atoms with van der Waals surface area (Å²) < 4.78 is 0. The molecule has 1 nitrogen and oxygen atoms in total. The van der Waals surface area contributed by atoms with Crippen LogP contribution in [0.1, 0.15) is 63.5 Å². The smallest absolute Gasteiger partial charge is 0.143 e. The molecular formula is C26H28Cl2O. The second kappa shape index (κ2) is 9.78. The van der Waals surface area contributed by atoms with Crippen molar-refractivity contribution in [2.45, 2.75) is 57.8 Å². The summed E-state index contributed by atoms with van der Waals surface area (Å²) in [6, 6.07) is 16.1. The van der Waals surface area contributed by atoms with E-state index in [4.69, 9.17) is 23.2 Å². The number of hydrogen-bond donors (Lipinski definition) is 0. The van der Waals surface area contributed by atoms with Crippen LogP contribution in [0.5, 0.6) is 0 Å². The van der Waals surface area contributed by atoms with E-state index in [1.165, 1.54) is 11.1 Å². The van der Waals surface area contributed by atoms with E-state index in [9.17, 15) is 4.79 Å². The molecule has 3 rings (SSSR count). The fourth-order valence-corrected chi connectivity index (χ4v) is 4.61. The maximum absolute atomic E-state index is 11.6. The van der Waals surface area contributed by atoms with Gasteiger partial charge in [0.1, 0.15) is 6.29 Å². The lowest BCUT2D eigenvalue weighted by molar-refractivity contribution is -0.104. The van der Waals surface area contributed by atoms with E-state index < -0.39 is 0 Å². The molecule has 2 aromatic carbocycles. The summed E-state index contributed by atoms with van der Waals surface area (Å²) in [7, 11) is 0. The quantitative estimate of drug-likeness (QED) is 0.292. The molecular weight excluding hydrogens is 399 g/mol. The molecule has 2 aromatic rings. The van der Waals surface area contributed by atoms with E-state index in [0.717, 1.165) is 61.5 Å². The SMILES string of the molecule is CCCCC(CCCC)=C1/C(=C/C=O)C1(c1ccc(Cl)cc1)c1ccc(Cl)cc1. The van der Waals surface area contributed by atoms with Crippen LogP contribution in [-0.2, 0) is 10.2 Å². The van der Waals surface area contributed by atoms with Gasteiger partial charge in [-0.3, -0.25) is 4.79 Å². The van der Waals surface area contributed by atoms with Crippen molar-refractivity contribution in [2.75, 3.05) is 0 Å². The van der Waals surface area contributed by atoms with Crippen molar-refractivity contribution in [1.82, 2.24) is 0 Å². The number of carbonyl (C=O) groups excluding carboxylic acids is 1. The molecule has 29 heavy (non-hydrogen) atoms. The van der Waals surface area contributed by atoms with Crippen LogP contribution in [0.3, 0.4) is 0 Å². The van der Waals surface area contributed by atoms with Crippen molar-refractivity contribution >= 4 is 29.5 Å². The van der Waals surface area contributed by atoms with Crippen LogP contribution in [0.15, 0.2) is 71.3 Å². The van der Waals surface area contributed by atoms with Crippen LogP contribution in [0.2, 0.25) is 10.0 Å². The van der Waals surface area contributed by atoms with Crippen molar-refractivity contribution in [2.24, 2.45) is 0 Å². The standard InChI is InChI=1S/C26H28Cl2O/c1-3-5-7-19(8-6-4-2)25-24(17-18-29)26(25,20-9-13-22(27)14-10-20)21-11-15-23(28)16-12-21/h9-18H,3-8H2,1-2H3/b24-17-. The average Bonchev–Trinajstić information content (AvgIpc) is 3.38. The van der Waals surface area contributed by atoms with E-state index in [-0.39, 0.29) is 5.41 Å². The van der Waals surface area contributed by atoms with Gasteiger partial charge in [0.05, 0.1) is 5.41 Å². The van der Waals surface area contributed by atoms with E-state index in [0.29, 0.717) is 10.0 Å². The van der Waals surface area contributed by atoms with Crippen LogP contribution in [0.25, 0.3) is 0 Å². The third-order valence-corrected chi connectivity index (χ3v) is 6.30. The molecule has 1 saturated carbocycles. The highest BCUT2D eigenvalue weighted by Crippen LogP contribution is 2.65. The predicted molar refractivity (Wildman–Crippen MR) is 124 cm³/mol. The van der Waals surface area contributed by atoms with Crippen molar-refractivity contribution in [3.05, 3.63) is 92.5 Å². The second-order valence-electron chi connectivity index (χ2n) is 7.67. The molecule has 0 aromatic heterocycles. The maximum Gasteiger partial charge on any atom is 0.143 e. The van der Waals surface area contributed by atoms with Crippen LogP contribution < -0.4 is 0 Å². The highest BCUT2D eigenvalue weighted by molar-refractivity contribution is 6.30. The van der Waals surface area contributed by atoms with Crippen molar-refractivity contribution in [3.63, 3.8) is 0 Å². The van der Waals surface area contributed by atoms with Gasteiger partial charge in [-0.05, 0) is 78.3 Å². The Hall–Kier alpha value is -1.83. The molecule has 0 radical (unpaired) electrons. The number of allylic oxidation sites excluding steroid dienone is 4. The first-order chi connectivity index (χ1) is 14.1. The molecule has 1 fully saturated rings. The Morgan fingerprint density at radius 2 is 1.28 bits per heavy atom. The highest BCUT2D eigenvalue weighted by atomic mass is 35.5. The largest absolute Gasteiger partial charge is 0.299 e. The van der Waals surface area contributed by atoms with Gasteiger partial charge in [-0.2, -0.15) is 0 Å². The van der Waals surface area contributed by atoms with Gasteiger partial charge in [-0.1, -0.05) is 79.7 Å². The molecule has 0 amide bonds. The Kier molecular flexibility index (Phi) is 7.38. The number of benzene rings is 2. The Labute approximate surface area is 184 Å². The minimum Gasteiger partial charge on any atom is -0.299 e. The summed E-state index contributed by atoms with van der Waals surface area (Å²) in [6.45, 7) is 4.45. The van der Waals surface area contributed by atoms with Gasteiger partial charge in [-0.25, -0.2) is 0 Å². The van der Waals surface area contributed by atoms with Crippen LogP contribution >= 0.6 is 23.2 Å². The Morgan fingerprint density at radius 1 is 0.828 bits per heavy atom. The van der Waals surface area contributed by atoms with Gasteiger partial charge in [0.2, 0.25) is 0 Å². The summed E-state index contributed by atoms with van der Waals surface area (Å²) in [4.78, 5) is 11.6. The van der Waals surface area contributed by atoms with Crippen molar-refractivity contribution in [3.8, 4) is 0 Å². The number of unbranched alkanes of at least 4 members (excludes halogenated alkanes) is 2. The van der Waals surface area contributed by atoms with Crippen LogP contribution in [0.4, 0.5) is 0 Å². The van der Waals surface area contributed by atoms with Gasteiger partial charge in [-0.15, -0.1) is 0 Å². The molecule has 152 valence electrons. The lowest BCUT2D eigenvalue weighted by Crippen LogP contribution is -2.11. The molecule has 0 heterocycles. The lowest BCUT2D eigenvalue weighted by atomic mass is 9.84. The molecule has 3 heteroatoms. The molecule has 0 saturated heterocycles. The minimum atomic E-state index is -0.382. The minimum absolute atomic E-state index is 0.382. The number of aldehydes is 1. The van der Waals surface area contributed by atoms with Crippen molar-refractivity contribution in [1.29, 1.82) is 0 Å². The Balaban J connectivity index is 2.25. The monoisotopic (exact) mass is 426 g/mol. The van der Waals surface area contributed by atoms with Crippen LogP contribution in [0, 0.1) is 0 Å². The molecule has 0 aliphatic heterocycles. The molecule has 0 spiro atoms. The Morgan fingerprint density at radius 3 is 1.66 bits per heavy atom. The first-order valence-corrected chi connectivity index (χ1v) is 11.3. The zero-order valence-corrected chi connectivity index (χ0v) is 18.7. The van der Waals surface area contributed by atoms with Crippen molar-refractivity contribution < 1.29 is 4.79 Å².